The Balaban J connectivity index is 1.96. The largest absolute Gasteiger partial charge is 0.508 e. The molecule has 0 spiro atoms. The molecular weight excluding hydrogens is 385 g/mol. The van der Waals surface area contributed by atoms with E-state index in [0.717, 1.165) is 0 Å². The number of carbonyl (C=O) groups is 2. The number of halogens is 1. The molecule has 30 heavy (non-hydrogen) atoms. The lowest BCUT2D eigenvalue weighted by molar-refractivity contribution is -0.132. The monoisotopic (exact) mass is 403 g/mol. The Morgan fingerprint density at radius 1 is 0.967 bits per heavy atom. The summed E-state index contributed by atoms with van der Waals surface area (Å²) in [5, 5.41) is 20.9. The van der Waals surface area contributed by atoms with Gasteiger partial charge in [0.15, 0.2) is 0 Å². The summed E-state index contributed by atoms with van der Waals surface area (Å²) in [6.45, 7) is 1.54. The number of Topliss-reactive ketones (excluding diaryl/α,β-unsaturated/α-hetero) is 1. The number of aliphatic hydroxyl groups excluding tert-OH is 1. The predicted octanol–water partition coefficient (Wildman–Crippen LogP) is 4.47. The van der Waals surface area contributed by atoms with Crippen LogP contribution in [0.25, 0.3) is 5.76 Å². The molecule has 6 heteroatoms. The molecule has 5 nitrogen and oxygen atoms in total. The van der Waals surface area contributed by atoms with Crippen LogP contribution in [-0.2, 0) is 9.59 Å². The highest BCUT2D eigenvalue weighted by Crippen LogP contribution is 2.42. The van der Waals surface area contributed by atoms with E-state index in [1.807, 2.05) is 0 Å². The van der Waals surface area contributed by atoms with Crippen molar-refractivity contribution in [2.75, 3.05) is 4.90 Å². The molecule has 1 heterocycles. The van der Waals surface area contributed by atoms with Gasteiger partial charge in [0.1, 0.15) is 17.3 Å². The molecule has 0 aliphatic carbocycles. The summed E-state index contributed by atoms with van der Waals surface area (Å²) in [5.41, 5.74) is 1.33. The van der Waals surface area contributed by atoms with Gasteiger partial charge in [-0.15, -0.1) is 0 Å². The van der Waals surface area contributed by atoms with E-state index in [1.54, 1.807) is 49.4 Å². The Morgan fingerprint density at radius 2 is 1.70 bits per heavy atom. The Hall–Kier alpha value is -3.93. The number of carbonyl (C=O) groups excluding carboxylic acids is 2. The summed E-state index contributed by atoms with van der Waals surface area (Å²) in [6, 6.07) is 17.8. The van der Waals surface area contributed by atoms with Gasteiger partial charge in [-0.05, 0) is 60.5 Å². The summed E-state index contributed by atoms with van der Waals surface area (Å²) >= 11 is 0. The van der Waals surface area contributed by atoms with Crippen LogP contribution in [0.2, 0.25) is 0 Å². The van der Waals surface area contributed by atoms with Crippen LogP contribution in [0.4, 0.5) is 10.1 Å². The molecule has 1 aliphatic heterocycles. The number of aromatic hydroxyl groups is 1. The van der Waals surface area contributed by atoms with Crippen molar-refractivity contribution < 1.29 is 24.2 Å². The van der Waals surface area contributed by atoms with Gasteiger partial charge < -0.3 is 10.2 Å². The topological polar surface area (TPSA) is 77.8 Å². The average molecular weight is 403 g/mol. The van der Waals surface area contributed by atoms with E-state index >= 15 is 0 Å². The highest BCUT2D eigenvalue weighted by Gasteiger charge is 2.47. The maximum Gasteiger partial charge on any atom is 0.300 e. The van der Waals surface area contributed by atoms with Crippen molar-refractivity contribution in [3.63, 3.8) is 0 Å². The molecule has 1 fully saturated rings. The Labute approximate surface area is 172 Å². The first kappa shape index (κ1) is 19.4. The molecule has 0 aromatic heterocycles. The van der Waals surface area contributed by atoms with Crippen molar-refractivity contribution in [1.29, 1.82) is 0 Å². The zero-order valence-electron chi connectivity index (χ0n) is 16.0. The maximum atomic E-state index is 13.7. The third-order valence-corrected chi connectivity index (χ3v) is 5.10. The number of aryl methyl sites for hydroxylation is 1. The van der Waals surface area contributed by atoms with E-state index in [9.17, 15) is 24.2 Å². The number of ketones is 1. The van der Waals surface area contributed by atoms with Gasteiger partial charge in [-0.3, -0.25) is 14.5 Å². The van der Waals surface area contributed by atoms with Crippen LogP contribution in [0, 0.1) is 12.7 Å². The molecule has 1 amide bonds. The van der Waals surface area contributed by atoms with Gasteiger partial charge in [-0.25, -0.2) is 4.39 Å². The van der Waals surface area contributed by atoms with Gasteiger partial charge in [0.25, 0.3) is 11.7 Å². The van der Waals surface area contributed by atoms with Crippen LogP contribution in [0.5, 0.6) is 5.75 Å². The van der Waals surface area contributed by atoms with Gasteiger partial charge in [0.2, 0.25) is 0 Å². The van der Waals surface area contributed by atoms with Gasteiger partial charge in [0, 0.05) is 11.3 Å². The van der Waals surface area contributed by atoms with E-state index in [-0.39, 0.29) is 16.9 Å². The highest BCUT2D eigenvalue weighted by atomic mass is 19.1. The molecule has 0 radical (unpaired) electrons. The molecule has 3 aromatic carbocycles. The van der Waals surface area contributed by atoms with Crippen LogP contribution < -0.4 is 4.90 Å². The number of rotatable bonds is 3. The van der Waals surface area contributed by atoms with Crippen LogP contribution >= 0.6 is 0 Å². The summed E-state index contributed by atoms with van der Waals surface area (Å²) in [6.07, 6.45) is 0. The normalized spacial score (nSPS) is 18.1. The summed E-state index contributed by atoms with van der Waals surface area (Å²) in [5.74, 6) is -2.53. The van der Waals surface area contributed by atoms with Gasteiger partial charge in [-0.2, -0.15) is 0 Å². The average Bonchev–Trinajstić information content (AvgIpc) is 3.01. The van der Waals surface area contributed by atoms with Crippen LogP contribution in [0.15, 0.2) is 78.4 Å². The van der Waals surface area contributed by atoms with Gasteiger partial charge >= 0.3 is 0 Å². The first-order valence-corrected chi connectivity index (χ1v) is 9.30. The van der Waals surface area contributed by atoms with E-state index in [2.05, 4.69) is 0 Å². The molecule has 0 bridgehead atoms. The lowest BCUT2D eigenvalue weighted by atomic mass is 9.94. The zero-order chi connectivity index (χ0) is 21.4. The number of hydrogen-bond acceptors (Lipinski definition) is 4. The van der Waals surface area contributed by atoms with E-state index in [0.29, 0.717) is 16.8 Å². The van der Waals surface area contributed by atoms with Crippen LogP contribution in [-0.4, -0.2) is 21.9 Å². The Kier molecular flexibility index (Phi) is 4.83. The molecule has 0 saturated carbocycles. The number of phenolic OH excluding ortho intramolecular Hbond substituents is 1. The first-order valence-electron chi connectivity index (χ1n) is 9.30. The standard InChI is InChI=1S/C24H18FNO4/c1-14-12-16(10-11-19(14)25)22(28)20-21(15-6-5-9-18(27)13-15)26(24(30)23(20)29)17-7-3-2-4-8-17/h2-13,21,27-28H,1H3/b22-20-. The minimum absolute atomic E-state index is 0.0382. The highest BCUT2D eigenvalue weighted by molar-refractivity contribution is 6.51. The van der Waals surface area contributed by atoms with Crippen molar-refractivity contribution >= 4 is 23.1 Å². The number of aliphatic hydroxyl groups is 1. The smallest absolute Gasteiger partial charge is 0.300 e. The summed E-state index contributed by atoms with van der Waals surface area (Å²) in [4.78, 5) is 27.2. The minimum Gasteiger partial charge on any atom is -0.508 e. The number of amides is 1. The number of phenols is 1. The fraction of sp³-hybridized carbons (Fsp3) is 0.0833. The number of nitrogens with zero attached hydrogens (tertiary/aromatic N) is 1. The number of benzene rings is 3. The van der Waals surface area contributed by atoms with Crippen molar-refractivity contribution in [3.8, 4) is 5.75 Å². The molecule has 1 unspecified atom stereocenters. The minimum atomic E-state index is -0.954. The van der Waals surface area contributed by atoms with Crippen LogP contribution in [0.1, 0.15) is 22.7 Å². The summed E-state index contributed by atoms with van der Waals surface area (Å²) in [7, 11) is 0. The fourth-order valence-corrected chi connectivity index (χ4v) is 3.65. The van der Waals surface area contributed by atoms with Gasteiger partial charge in [0.05, 0.1) is 11.6 Å². The molecular formula is C24H18FNO4. The van der Waals surface area contributed by atoms with E-state index < -0.39 is 29.3 Å². The Bertz CT molecular complexity index is 1190. The third kappa shape index (κ3) is 3.22. The number of anilines is 1. The second kappa shape index (κ2) is 7.48. The van der Waals surface area contributed by atoms with Crippen molar-refractivity contribution in [3.05, 3.63) is 101 Å². The van der Waals surface area contributed by atoms with Crippen molar-refractivity contribution in [2.24, 2.45) is 0 Å². The lowest BCUT2D eigenvalue weighted by Crippen LogP contribution is -2.29. The molecule has 1 aliphatic rings. The van der Waals surface area contributed by atoms with E-state index in [1.165, 1.54) is 35.2 Å². The van der Waals surface area contributed by atoms with Gasteiger partial charge in [-0.1, -0.05) is 30.3 Å². The second-order valence-corrected chi connectivity index (χ2v) is 7.06. The number of para-hydroxylation sites is 1. The molecule has 1 saturated heterocycles. The molecule has 4 rings (SSSR count). The van der Waals surface area contributed by atoms with Crippen LogP contribution in [0.3, 0.4) is 0 Å². The van der Waals surface area contributed by atoms with Crippen molar-refractivity contribution in [2.45, 2.75) is 13.0 Å². The van der Waals surface area contributed by atoms with E-state index in [4.69, 9.17) is 0 Å². The quantitative estimate of drug-likeness (QED) is 0.384. The zero-order valence-corrected chi connectivity index (χ0v) is 16.0. The summed E-state index contributed by atoms with van der Waals surface area (Å²) < 4.78 is 13.7. The molecule has 3 aromatic rings. The fourth-order valence-electron chi connectivity index (χ4n) is 3.65. The Morgan fingerprint density at radius 3 is 2.37 bits per heavy atom. The molecule has 2 N–H and O–H groups in total. The maximum absolute atomic E-state index is 13.7. The lowest BCUT2D eigenvalue weighted by Gasteiger charge is -2.25. The number of hydrogen-bond donors (Lipinski definition) is 2. The second-order valence-electron chi connectivity index (χ2n) is 7.06. The molecule has 1 atom stereocenters. The first-order chi connectivity index (χ1) is 14.4. The van der Waals surface area contributed by atoms with Crippen molar-refractivity contribution in [1.82, 2.24) is 0 Å². The SMILES string of the molecule is Cc1cc(/C(O)=C2/C(=O)C(=O)N(c3ccccc3)C2c2cccc(O)c2)ccc1F. The third-order valence-electron chi connectivity index (χ3n) is 5.10. The predicted molar refractivity (Wildman–Crippen MR) is 110 cm³/mol. The molecule has 150 valence electrons.